The Hall–Kier alpha value is -1.03. The number of rotatable bonds is 2. The van der Waals surface area contributed by atoms with Crippen molar-refractivity contribution in [3.63, 3.8) is 0 Å². The van der Waals surface area contributed by atoms with Crippen LogP contribution in [0.2, 0.25) is 0 Å². The van der Waals surface area contributed by atoms with Gasteiger partial charge in [-0.1, -0.05) is 6.07 Å². The fourth-order valence-corrected chi connectivity index (χ4v) is 1.61. The zero-order valence-electron chi connectivity index (χ0n) is 7.48. The number of hydrogen-bond acceptors (Lipinski definition) is 3. The number of anilines is 1. The van der Waals surface area contributed by atoms with Crippen LogP contribution in [0.1, 0.15) is 12.8 Å². The molecular weight excluding hydrogens is 163 g/mol. The van der Waals surface area contributed by atoms with Crippen molar-refractivity contribution in [1.29, 1.82) is 0 Å². The van der Waals surface area contributed by atoms with Gasteiger partial charge in [-0.25, -0.2) is 4.98 Å². The second-order valence-corrected chi connectivity index (χ2v) is 3.27. The molecular formula is C9H12BN2O. The van der Waals surface area contributed by atoms with E-state index in [1.54, 1.807) is 6.20 Å². The summed E-state index contributed by atoms with van der Waals surface area (Å²) in [5.74, 6) is 1.02. The quantitative estimate of drug-likeness (QED) is 0.638. The summed E-state index contributed by atoms with van der Waals surface area (Å²) in [4.78, 5) is 6.53. The van der Waals surface area contributed by atoms with Crippen molar-refractivity contribution >= 4 is 18.8 Å². The molecule has 4 heteroatoms. The van der Waals surface area contributed by atoms with Gasteiger partial charge in [-0.05, 0) is 24.4 Å². The van der Waals surface area contributed by atoms with Gasteiger partial charge in [-0.3, -0.25) is 0 Å². The average Bonchev–Trinajstić information content (AvgIpc) is 2.71. The summed E-state index contributed by atoms with van der Waals surface area (Å²) in [6.07, 6.45) is 4.21. The lowest BCUT2D eigenvalue weighted by atomic mass is 9.91. The second kappa shape index (κ2) is 3.79. The highest BCUT2D eigenvalue weighted by Crippen LogP contribution is 2.15. The van der Waals surface area contributed by atoms with E-state index in [2.05, 4.69) is 9.88 Å². The molecule has 0 unspecified atom stereocenters. The minimum Gasteiger partial charge on any atom is -0.450 e. The molecule has 1 aliphatic heterocycles. The average molecular weight is 175 g/mol. The SMILES string of the molecule is O[B]c1ccc(N2CCCC2)nc1. The first-order chi connectivity index (χ1) is 6.40. The molecule has 0 atom stereocenters. The van der Waals surface area contributed by atoms with E-state index in [1.807, 2.05) is 12.1 Å². The van der Waals surface area contributed by atoms with Crippen molar-refractivity contribution in [3.8, 4) is 0 Å². The molecule has 0 aliphatic carbocycles. The Kier molecular flexibility index (Phi) is 2.50. The van der Waals surface area contributed by atoms with Gasteiger partial charge < -0.3 is 9.92 Å². The second-order valence-electron chi connectivity index (χ2n) is 3.27. The van der Waals surface area contributed by atoms with Crippen LogP contribution in [0.4, 0.5) is 5.82 Å². The summed E-state index contributed by atoms with van der Waals surface area (Å²) in [6.45, 7) is 2.21. The van der Waals surface area contributed by atoms with E-state index in [4.69, 9.17) is 5.02 Å². The summed E-state index contributed by atoms with van der Waals surface area (Å²) in [5.41, 5.74) is 0.753. The van der Waals surface area contributed by atoms with Crippen molar-refractivity contribution in [2.24, 2.45) is 0 Å². The summed E-state index contributed by atoms with van der Waals surface area (Å²) in [5, 5.41) is 8.72. The predicted octanol–water partition coefficient (Wildman–Crippen LogP) is -0.0814. The Bertz CT molecular complexity index is 269. The van der Waals surface area contributed by atoms with Crippen LogP contribution in [0.3, 0.4) is 0 Å². The molecule has 0 aromatic carbocycles. The van der Waals surface area contributed by atoms with E-state index in [0.717, 1.165) is 31.9 Å². The first-order valence-electron chi connectivity index (χ1n) is 4.58. The van der Waals surface area contributed by atoms with E-state index >= 15 is 0 Å². The molecule has 67 valence electrons. The van der Waals surface area contributed by atoms with Crippen LogP contribution >= 0.6 is 0 Å². The van der Waals surface area contributed by atoms with Crippen LogP contribution in [0.15, 0.2) is 18.3 Å². The molecule has 1 N–H and O–H groups in total. The zero-order valence-corrected chi connectivity index (χ0v) is 7.48. The van der Waals surface area contributed by atoms with E-state index in [0.29, 0.717) is 0 Å². The zero-order chi connectivity index (χ0) is 9.10. The maximum Gasteiger partial charge on any atom is 0.328 e. The molecule has 0 saturated carbocycles. The molecule has 1 aromatic heterocycles. The fraction of sp³-hybridized carbons (Fsp3) is 0.444. The Morgan fingerprint density at radius 2 is 2.08 bits per heavy atom. The van der Waals surface area contributed by atoms with Crippen LogP contribution < -0.4 is 10.4 Å². The van der Waals surface area contributed by atoms with E-state index < -0.39 is 0 Å². The van der Waals surface area contributed by atoms with Gasteiger partial charge >= 0.3 is 7.48 Å². The Balaban J connectivity index is 2.12. The number of pyridine rings is 1. The van der Waals surface area contributed by atoms with E-state index in [1.165, 1.54) is 12.8 Å². The molecule has 1 aliphatic rings. The lowest BCUT2D eigenvalue weighted by Crippen LogP contribution is -2.21. The maximum absolute atomic E-state index is 8.72. The highest BCUT2D eigenvalue weighted by atomic mass is 16.2. The summed E-state index contributed by atoms with van der Waals surface area (Å²) in [6, 6.07) is 3.83. The summed E-state index contributed by atoms with van der Waals surface area (Å²) < 4.78 is 0. The lowest BCUT2D eigenvalue weighted by molar-refractivity contribution is 0.615. The normalized spacial score (nSPS) is 16.2. The molecule has 1 aromatic rings. The highest BCUT2D eigenvalue weighted by Gasteiger charge is 2.12. The lowest BCUT2D eigenvalue weighted by Gasteiger charge is -2.15. The van der Waals surface area contributed by atoms with Crippen molar-refractivity contribution in [1.82, 2.24) is 4.98 Å². The van der Waals surface area contributed by atoms with Crippen LogP contribution in [0.5, 0.6) is 0 Å². The van der Waals surface area contributed by atoms with Crippen LogP contribution in [-0.4, -0.2) is 30.6 Å². The molecule has 1 fully saturated rings. The Morgan fingerprint density at radius 1 is 1.31 bits per heavy atom. The monoisotopic (exact) mass is 175 g/mol. The minimum atomic E-state index is 0.753. The molecule has 3 nitrogen and oxygen atoms in total. The van der Waals surface area contributed by atoms with Gasteiger partial charge in [0.2, 0.25) is 0 Å². The van der Waals surface area contributed by atoms with Gasteiger partial charge in [0.1, 0.15) is 5.82 Å². The van der Waals surface area contributed by atoms with Crippen LogP contribution in [-0.2, 0) is 0 Å². The third-order valence-electron chi connectivity index (χ3n) is 2.35. The minimum absolute atomic E-state index is 0.753. The molecule has 2 rings (SSSR count). The number of aromatic nitrogens is 1. The summed E-state index contributed by atoms with van der Waals surface area (Å²) >= 11 is 0. The molecule has 0 amide bonds. The van der Waals surface area contributed by atoms with Gasteiger partial charge in [0.25, 0.3) is 0 Å². The van der Waals surface area contributed by atoms with Crippen molar-refractivity contribution in [3.05, 3.63) is 18.3 Å². The largest absolute Gasteiger partial charge is 0.450 e. The molecule has 1 radical (unpaired) electrons. The third kappa shape index (κ3) is 1.83. The Labute approximate surface area is 78.7 Å². The highest BCUT2D eigenvalue weighted by molar-refractivity contribution is 6.45. The number of nitrogens with zero attached hydrogens (tertiary/aromatic N) is 2. The fourth-order valence-electron chi connectivity index (χ4n) is 1.61. The predicted molar refractivity (Wildman–Crippen MR) is 53.3 cm³/mol. The molecule has 0 bridgehead atoms. The van der Waals surface area contributed by atoms with Crippen molar-refractivity contribution in [2.45, 2.75) is 12.8 Å². The topological polar surface area (TPSA) is 36.4 Å². The molecule has 13 heavy (non-hydrogen) atoms. The molecule has 1 saturated heterocycles. The van der Waals surface area contributed by atoms with Crippen LogP contribution in [0, 0.1) is 0 Å². The summed E-state index contributed by atoms with van der Waals surface area (Å²) in [7, 11) is 1.07. The van der Waals surface area contributed by atoms with Gasteiger partial charge in [0.05, 0.1) is 0 Å². The molecule has 0 spiro atoms. The number of hydrogen-bond donors (Lipinski definition) is 1. The first-order valence-corrected chi connectivity index (χ1v) is 4.58. The van der Waals surface area contributed by atoms with Crippen molar-refractivity contribution in [2.75, 3.05) is 18.0 Å². The van der Waals surface area contributed by atoms with Crippen molar-refractivity contribution < 1.29 is 5.02 Å². The Morgan fingerprint density at radius 3 is 2.62 bits per heavy atom. The van der Waals surface area contributed by atoms with Crippen LogP contribution in [0.25, 0.3) is 0 Å². The van der Waals surface area contributed by atoms with Gasteiger partial charge in [-0.2, -0.15) is 0 Å². The third-order valence-corrected chi connectivity index (χ3v) is 2.35. The van der Waals surface area contributed by atoms with E-state index in [-0.39, 0.29) is 0 Å². The smallest absolute Gasteiger partial charge is 0.328 e. The van der Waals surface area contributed by atoms with E-state index in [9.17, 15) is 0 Å². The first kappa shape index (κ1) is 8.57. The van der Waals surface area contributed by atoms with Gasteiger partial charge in [0.15, 0.2) is 0 Å². The molecule has 2 heterocycles. The van der Waals surface area contributed by atoms with Gasteiger partial charge in [-0.15, -0.1) is 0 Å². The standard InChI is InChI=1S/C9H12BN2O/c13-10-8-3-4-9(11-7-8)12-5-1-2-6-12/h3-4,7,13H,1-2,5-6H2. The van der Waals surface area contributed by atoms with Gasteiger partial charge in [0, 0.05) is 19.3 Å². The maximum atomic E-state index is 8.72.